The van der Waals surface area contributed by atoms with Gasteiger partial charge in [0.25, 0.3) is 5.91 Å². The molecule has 0 saturated heterocycles. The molecular formula is C52H97N3O3. The number of benzene rings is 1. The van der Waals surface area contributed by atoms with Gasteiger partial charge in [-0.2, -0.15) is 0 Å². The quantitative estimate of drug-likeness (QED) is 0.0453. The first kappa shape index (κ1) is 53.8. The Kier molecular flexibility index (Phi) is 39.7. The van der Waals surface area contributed by atoms with E-state index in [4.69, 9.17) is 5.11 Å². The minimum Gasteiger partial charge on any atom is -0.464 e. The van der Waals surface area contributed by atoms with Crippen LogP contribution in [0.3, 0.4) is 0 Å². The Bertz CT molecular complexity index is 972. The number of amides is 2. The average Bonchev–Trinajstić information content (AvgIpc) is 3.23. The molecule has 1 aromatic rings. The highest BCUT2D eigenvalue weighted by Crippen LogP contribution is 2.18. The molecule has 0 unspecified atom stereocenters. The van der Waals surface area contributed by atoms with E-state index >= 15 is 0 Å². The van der Waals surface area contributed by atoms with Crippen LogP contribution in [-0.2, 0) is 0 Å². The fraction of sp³-hybridized carbons (Fsp3) is 0.846. The summed E-state index contributed by atoms with van der Waals surface area (Å²) in [5.41, 5.74) is 6.10. The van der Waals surface area contributed by atoms with Crippen molar-refractivity contribution in [2.24, 2.45) is 0 Å². The molecule has 6 heteroatoms. The SMILES string of the molecule is CCCCCCCCCCCCCCCCCCCCCCN(CCCCCCCCCCCCCCCCCCCCCC)C(=O)c1ccc(NNC(=O)O)cc1. The van der Waals surface area contributed by atoms with Gasteiger partial charge in [-0.15, -0.1) is 0 Å². The fourth-order valence-corrected chi connectivity index (χ4v) is 8.43. The molecule has 0 aliphatic heterocycles. The van der Waals surface area contributed by atoms with Crippen LogP contribution >= 0.6 is 0 Å². The predicted molar refractivity (Wildman–Crippen MR) is 253 cm³/mol. The molecule has 0 spiro atoms. The molecule has 338 valence electrons. The number of nitrogens with one attached hydrogen (secondary N) is 2. The van der Waals surface area contributed by atoms with Crippen molar-refractivity contribution in [1.82, 2.24) is 10.3 Å². The summed E-state index contributed by atoms with van der Waals surface area (Å²) >= 11 is 0. The number of nitrogens with zero attached hydrogens (tertiary/aromatic N) is 1. The van der Waals surface area contributed by atoms with Crippen LogP contribution in [0.15, 0.2) is 24.3 Å². The summed E-state index contributed by atoms with van der Waals surface area (Å²) in [5.74, 6) is 0.0911. The van der Waals surface area contributed by atoms with Crippen LogP contribution in [0, 0.1) is 0 Å². The maximum absolute atomic E-state index is 13.6. The Labute approximate surface area is 360 Å². The average molecular weight is 812 g/mol. The smallest absolute Gasteiger partial charge is 0.423 e. The molecule has 2 amide bonds. The summed E-state index contributed by atoms with van der Waals surface area (Å²) in [4.78, 5) is 26.5. The standard InChI is InChI=1S/C52H97N3O3/c1-3-5-7-9-11-13-15-17-19-21-23-25-27-29-31-33-35-37-39-41-47-55(51(56)49-43-45-50(46-44-49)53-54-52(57)58)48-42-40-38-36-34-32-30-28-26-24-22-20-18-16-14-12-10-8-6-4-2/h43-46,53-54H,3-42,47-48H2,1-2H3,(H,57,58). The van der Waals surface area contributed by atoms with Crippen LogP contribution in [0.2, 0.25) is 0 Å². The zero-order chi connectivity index (χ0) is 41.8. The van der Waals surface area contributed by atoms with Crippen molar-refractivity contribution < 1.29 is 14.7 Å². The summed E-state index contributed by atoms with van der Waals surface area (Å²) in [5, 5.41) is 8.87. The van der Waals surface area contributed by atoms with Gasteiger partial charge in [0, 0.05) is 18.7 Å². The van der Waals surface area contributed by atoms with Gasteiger partial charge in [0.15, 0.2) is 0 Å². The van der Waals surface area contributed by atoms with Gasteiger partial charge in [0.1, 0.15) is 0 Å². The van der Waals surface area contributed by atoms with Crippen LogP contribution in [0.5, 0.6) is 0 Å². The minimum absolute atomic E-state index is 0.0911. The molecule has 0 fully saturated rings. The lowest BCUT2D eigenvalue weighted by molar-refractivity contribution is 0.0749. The summed E-state index contributed by atoms with van der Waals surface area (Å²) in [6.45, 7) is 6.22. The molecule has 0 aliphatic rings. The van der Waals surface area contributed by atoms with Gasteiger partial charge in [-0.25, -0.2) is 10.2 Å². The zero-order valence-electron chi connectivity index (χ0n) is 38.7. The highest BCUT2D eigenvalue weighted by atomic mass is 16.4. The van der Waals surface area contributed by atoms with Crippen molar-refractivity contribution in [2.75, 3.05) is 18.5 Å². The number of hydrogen-bond acceptors (Lipinski definition) is 3. The molecule has 3 N–H and O–H groups in total. The zero-order valence-corrected chi connectivity index (χ0v) is 38.7. The van der Waals surface area contributed by atoms with Crippen molar-refractivity contribution in [3.63, 3.8) is 0 Å². The molecular weight excluding hydrogens is 715 g/mol. The van der Waals surface area contributed by atoms with Crippen molar-refractivity contribution in [2.45, 2.75) is 271 Å². The number of anilines is 1. The largest absolute Gasteiger partial charge is 0.464 e. The maximum Gasteiger partial charge on any atom is 0.423 e. The van der Waals surface area contributed by atoms with E-state index in [1.165, 1.54) is 244 Å². The van der Waals surface area contributed by atoms with Gasteiger partial charge in [0.2, 0.25) is 0 Å². The van der Waals surface area contributed by atoms with Gasteiger partial charge >= 0.3 is 6.09 Å². The Hall–Kier alpha value is -2.24. The fourth-order valence-electron chi connectivity index (χ4n) is 8.43. The number of hydrazine groups is 1. The summed E-state index contributed by atoms with van der Waals surface area (Å²) in [6, 6.07) is 7.13. The normalized spacial score (nSPS) is 11.3. The summed E-state index contributed by atoms with van der Waals surface area (Å²) in [7, 11) is 0. The van der Waals surface area contributed by atoms with E-state index in [0.29, 0.717) is 11.3 Å². The Morgan fingerprint density at radius 3 is 0.879 bits per heavy atom. The van der Waals surface area contributed by atoms with Gasteiger partial charge in [-0.3, -0.25) is 10.2 Å². The second-order valence-electron chi connectivity index (χ2n) is 17.9. The van der Waals surface area contributed by atoms with E-state index in [0.717, 1.165) is 25.9 Å². The topological polar surface area (TPSA) is 81.7 Å². The van der Waals surface area contributed by atoms with Gasteiger partial charge in [-0.05, 0) is 37.1 Å². The first-order chi connectivity index (χ1) is 28.6. The number of unbranched alkanes of at least 4 members (excludes halogenated alkanes) is 38. The second kappa shape index (κ2) is 42.9. The van der Waals surface area contributed by atoms with E-state index in [-0.39, 0.29) is 5.91 Å². The molecule has 0 bridgehead atoms. The first-order valence-corrected chi connectivity index (χ1v) is 25.7. The van der Waals surface area contributed by atoms with Crippen LogP contribution in [0.4, 0.5) is 10.5 Å². The Balaban J connectivity index is 2.16. The third-order valence-electron chi connectivity index (χ3n) is 12.3. The maximum atomic E-state index is 13.6. The third-order valence-corrected chi connectivity index (χ3v) is 12.3. The number of hydrogen-bond donors (Lipinski definition) is 3. The lowest BCUT2D eigenvalue weighted by atomic mass is 10.0. The molecule has 0 aromatic heterocycles. The molecule has 0 radical (unpaired) electrons. The summed E-state index contributed by atoms with van der Waals surface area (Å²) < 4.78 is 0. The minimum atomic E-state index is -1.14. The number of carboxylic acid groups (broad SMARTS) is 1. The molecule has 0 atom stereocenters. The first-order valence-electron chi connectivity index (χ1n) is 25.7. The number of rotatable bonds is 45. The Morgan fingerprint density at radius 2 is 0.638 bits per heavy atom. The highest BCUT2D eigenvalue weighted by Gasteiger charge is 2.15. The number of carbonyl (C=O) groups is 2. The summed E-state index contributed by atoms with van der Waals surface area (Å²) in [6.07, 6.45) is 53.8. The van der Waals surface area contributed by atoms with Gasteiger partial charge < -0.3 is 10.0 Å². The molecule has 0 aliphatic carbocycles. The van der Waals surface area contributed by atoms with Gasteiger partial charge in [-0.1, -0.05) is 258 Å². The van der Waals surface area contributed by atoms with E-state index in [1.54, 1.807) is 24.3 Å². The molecule has 58 heavy (non-hydrogen) atoms. The highest BCUT2D eigenvalue weighted by molar-refractivity contribution is 5.94. The lowest BCUT2D eigenvalue weighted by Gasteiger charge is -2.23. The molecule has 6 nitrogen and oxygen atoms in total. The molecule has 0 heterocycles. The van der Waals surface area contributed by atoms with E-state index in [2.05, 4.69) is 29.6 Å². The number of carbonyl (C=O) groups excluding carboxylic acids is 1. The van der Waals surface area contributed by atoms with Crippen molar-refractivity contribution in [3.8, 4) is 0 Å². The van der Waals surface area contributed by atoms with Gasteiger partial charge in [0.05, 0.1) is 5.69 Å². The van der Waals surface area contributed by atoms with Crippen LogP contribution in [0.1, 0.15) is 281 Å². The Morgan fingerprint density at radius 1 is 0.397 bits per heavy atom. The van der Waals surface area contributed by atoms with E-state index < -0.39 is 6.09 Å². The lowest BCUT2D eigenvalue weighted by Crippen LogP contribution is -2.33. The molecule has 0 saturated carbocycles. The van der Waals surface area contributed by atoms with Crippen LogP contribution < -0.4 is 10.9 Å². The molecule has 1 rings (SSSR count). The third kappa shape index (κ3) is 35.7. The van der Waals surface area contributed by atoms with Crippen LogP contribution in [0.25, 0.3) is 0 Å². The van der Waals surface area contributed by atoms with Crippen molar-refractivity contribution >= 4 is 17.7 Å². The van der Waals surface area contributed by atoms with E-state index in [1.807, 2.05) is 0 Å². The van der Waals surface area contributed by atoms with Crippen molar-refractivity contribution in [1.29, 1.82) is 0 Å². The van der Waals surface area contributed by atoms with Crippen molar-refractivity contribution in [3.05, 3.63) is 29.8 Å². The second-order valence-corrected chi connectivity index (χ2v) is 17.9. The van der Waals surface area contributed by atoms with E-state index in [9.17, 15) is 9.59 Å². The molecule has 1 aromatic carbocycles. The van der Waals surface area contributed by atoms with Crippen LogP contribution in [-0.4, -0.2) is 35.1 Å². The monoisotopic (exact) mass is 812 g/mol. The predicted octanol–water partition coefficient (Wildman–Crippen LogP) is 17.4.